The summed E-state index contributed by atoms with van der Waals surface area (Å²) in [6, 6.07) is 28.7. The van der Waals surface area contributed by atoms with E-state index in [0.717, 1.165) is 0 Å². The van der Waals surface area contributed by atoms with Crippen molar-refractivity contribution in [2.45, 2.75) is 0 Å². The van der Waals surface area contributed by atoms with Gasteiger partial charge in [-0.05, 0) is 36.4 Å². The van der Waals surface area contributed by atoms with Crippen molar-refractivity contribution in [1.29, 1.82) is 0 Å². The maximum atomic E-state index is 13.6. The van der Waals surface area contributed by atoms with E-state index in [1.165, 1.54) is 8.84 Å². The predicted molar refractivity (Wildman–Crippen MR) is 129 cm³/mol. The van der Waals surface area contributed by atoms with Crippen LogP contribution in [0.5, 0.6) is 0 Å². The predicted octanol–water partition coefficient (Wildman–Crippen LogP) is 7.05. The lowest BCUT2D eigenvalue weighted by Gasteiger charge is -2.29. The Morgan fingerprint density at radius 3 is 1.59 bits per heavy atom. The molecule has 0 radical (unpaired) electrons. The van der Waals surface area contributed by atoms with Crippen molar-refractivity contribution in [3.05, 3.63) is 119 Å². The second-order valence-corrected chi connectivity index (χ2v) is 7.97. The number of carbonyl (C=O) groups excluding carboxylic acids is 2. The summed E-state index contributed by atoms with van der Waals surface area (Å²) in [6.07, 6.45) is 0. The molecule has 0 saturated carbocycles. The molecule has 0 N–H and O–H groups in total. The number of hydrogen-bond donors (Lipinski definition) is 0. The first-order valence-electron chi connectivity index (χ1n) is 9.95. The van der Waals surface area contributed by atoms with Crippen molar-refractivity contribution in [3.8, 4) is 0 Å². The zero-order valence-electron chi connectivity index (χ0n) is 16.7. The Hall–Kier alpha value is -3.60. The summed E-state index contributed by atoms with van der Waals surface area (Å²) in [5.74, 6) is -0.492. The molecule has 4 aromatic rings. The fourth-order valence-corrected chi connectivity index (χ4v) is 4.43. The molecule has 0 saturated heterocycles. The number of nitrogens with zero attached hydrogens (tertiary/aromatic N) is 2. The highest BCUT2D eigenvalue weighted by Gasteiger charge is 2.35. The lowest BCUT2D eigenvalue weighted by molar-refractivity contribution is 0.0979. The Kier molecular flexibility index (Phi) is 5.17. The molecule has 4 nitrogen and oxygen atoms in total. The first kappa shape index (κ1) is 20.3. The van der Waals surface area contributed by atoms with E-state index in [0.29, 0.717) is 39.4 Å². The molecule has 0 aliphatic heterocycles. The molecule has 156 valence electrons. The van der Waals surface area contributed by atoms with Gasteiger partial charge in [0.2, 0.25) is 0 Å². The highest BCUT2D eigenvalue weighted by Crippen LogP contribution is 2.46. The van der Waals surface area contributed by atoms with Crippen LogP contribution in [0, 0.1) is 0 Å². The third kappa shape index (κ3) is 3.25. The number of fused-ring (bicyclic) bond motifs is 2. The second kappa shape index (κ2) is 8.15. The average molecular weight is 459 g/mol. The van der Waals surface area contributed by atoms with Crippen LogP contribution in [-0.2, 0) is 0 Å². The normalized spacial score (nSPS) is 12.2. The van der Waals surface area contributed by atoms with Gasteiger partial charge in [-0.1, -0.05) is 60.7 Å². The molecule has 0 unspecified atom stereocenters. The maximum absolute atomic E-state index is 13.6. The Morgan fingerprint density at radius 1 is 0.500 bits per heavy atom. The van der Waals surface area contributed by atoms with Gasteiger partial charge in [-0.2, -0.15) is 0 Å². The molecular formula is C26H16Cl2N2O2. The molecule has 1 aliphatic carbocycles. The standard InChI is InChI=1S/C26H16Cl2N2O2/c27-29(17-9-3-1-4-10-17)22-16-15-21-23(24(22)30(28)18-11-5-2-6-12-18)26(32)20-14-8-7-13-19(20)25(21)31/h1-16H. The lowest BCUT2D eigenvalue weighted by Crippen LogP contribution is -2.24. The van der Waals surface area contributed by atoms with Crippen LogP contribution in [0.4, 0.5) is 22.7 Å². The van der Waals surface area contributed by atoms with Crippen molar-refractivity contribution >= 4 is 57.9 Å². The van der Waals surface area contributed by atoms with Gasteiger partial charge >= 0.3 is 0 Å². The monoisotopic (exact) mass is 458 g/mol. The summed E-state index contributed by atoms with van der Waals surface area (Å²) in [6.45, 7) is 0. The summed E-state index contributed by atoms with van der Waals surface area (Å²) in [4.78, 5) is 26.9. The van der Waals surface area contributed by atoms with Crippen LogP contribution in [0.1, 0.15) is 31.8 Å². The van der Waals surface area contributed by atoms with E-state index in [4.69, 9.17) is 23.6 Å². The third-order valence-corrected chi connectivity index (χ3v) is 6.16. The van der Waals surface area contributed by atoms with Crippen LogP contribution in [0.2, 0.25) is 0 Å². The Balaban J connectivity index is 1.78. The molecule has 5 rings (SSSR count). The van der Waals surface area contributed by atoms with Crippen LogP contribution in [0.25, 0.3) is 0 Å². The van der Waals surface area contributed by atoms with Crippen molar-refractivity contribution in [2.75, 3.05) is 8.84 Å². The first-order chi connectivity index (χ1) is 15.6. The Labute approximate surface area is 195 Å². The fourth-order valence-electron chi connectivity index (χ4n) is 3.90. The zero-order chi connectivity index (χ0) is 22.2. The van der Waals surface area contributed by atoms with Gasteiger partial charge in [0.25, 0.3) is 0 Å². The SMILES string of the molecule is O=C1c2ccccc2C(=O)c2c1ccc(N(Cl)c1ccccc1)c2N(Cl)c1ccccc1. The van der Waals surface area contributed by atoms with Gasteiger partial charge in [0.15, 0.2) is 11.6 Å². The molecule has 0 spiro atoms. The number of para-hydroxylation sites is 2. The summed E-state index contributed by atoms with van der Waals surface area (Å²) in [7, 11) is 0. The van der Waals surface area contributed by atoms with Crippen LogP contribution >= 0.6 is 23.6 Å². The van der Waals surface area contributed by atoms with Crippen molar-refractivity contribution < 1.29 is 9.59 Å². The van der Waals surface area contributed by atoms with Gasteiger partial charge in [0, 0.05) is 40.2 Å². The van der Waals surface area contributed by atoms with Crippen LogP contribution in [-0.4, -0.2) is 11.6 Å². The van der Waals surface area contributed by atoms with Gasteiger partial charge in [-0.3, -0.25) is 18.4 Å². The average Bonchev–Trinajstić information content (AvgIpc) is 2.86. The van der Waals surface area contributed by atoms with Gasteiger partial charge in [0.1, 0.15) is 0 Å². The molecule has 0 amide bonds. The van der Waals surface area contributed by atoms with Gasteiger partial charge in [0.05, 0.1) is 28.3 Å². The Bertz CT molecular complexity index is 1340. The quantitative estimate of drug-likeness (QED) is 0.270. The van der Waals surface area contributed by atoms with Gasteiger partial charge in [-0.15, -0.1) is 0 Å². The van der Waals surface area contributed by atoms with E-state index in [9.17, 15) is 9.59 Å². The molecule has 0 heterocycles. The molecule has 0 atom stereocenters. The van der Waals surface area contributed by atoms with Crippen molar-refractivity contribution in [2.24, 2.45) is 0 Å². The number of hydrogen-bond acceptors (Lipinski definition) is 4. The molecule has 32 heavy (non-hydrogen) atoms. The fraction of sp³-hybridized carbons (Fsp3) is 0. The summed E-state index contributed by atoms with van der Waals surface area (Å²) in [5, 5.41) is 0. The molecular weight excluding hydrogens is 443 g/mol. The van der Waals surface area contributed by atoms with E-state index >= 15 is 0 Å². The minimum Gasteiger partial charge on any atom is -0.289 e. The van der Waals surface area contributed by atoms with E-state index in [2.05, 4.69) is 0 Å². The maximum Gasteiger partial charge on any atom is 0.196 e. The highest BCUT2D eigenvalue weighted by molar-refractivity contribution is 6.38. The minimum atomic E-state index is -0.272. The number of ketones is 2. The number of rotatable bonds is 4. The topological polar surface area (TPSA) is 40.6 Å². The summed E-state index contributed by atoms with van der Waals surface area (Å²) in [5.41, 5.74) is 3.43. The molecule has 0 aromatic heterocycles. The smallest absolute Gasteiger partial charge is 0.196 e. The summed E-state index contributed by atoms with van der Waals surface area (Å²) >= 11 is 13.6. The van der Waals surface area contributed by atoms with E-state index in [1.54, 1.807) is 36.4 Å². The molecule has 4 aromatic carbocycles. The van der Waals surface area contributed by atoms with Crippen molar-refractivity contribution in [3.63, 3.8) is 0 Å². The number of halogens is 2. The number of carbonyl (C=O) groups is 2. The lowest BCUT2D eigenvalue weighted by atomic mass is 9.82. The molecule has 1 aliphatic rings. The van der Waals surface area contributed by atoms with Gasteiger partial charge in [-0.25, -0.2) is 0 Å². The molecule has 0 bridgehead atoms. The number of anilines is 4. The molecule has 6 heteroatoms. The largest absolute Gasteiger partial charge is 0.289 e. The van der Waals surface area contributed by atoms with Crippen LogP contribution < -0.4 is 8.84 Å². The first-order valence-corrected chi connectivity index (χ1v) is 10.6. The van der Waals surface area contributed by atoms with E-state index in [1.807, 2.05) is 60.7 Å². The summed E-state index contributed by atoms with van der Waals surface area (Å²) < 4.78 is 2.82. The van der Waals surface area contributed by atoms with Crippen LogP contribution in [0.15, 0.2) is 97.1 Å². The third-order valence-electron chi connectivity index (χ3n) is 5.42. The zero-order valence-corrected chi connectivity index (χ0v) is 18.2. The van der Waals surface area contributed by atoms with E-state index < -0.39 is 0 Å². The molecule has 0 fully saturated rings. The number of benzene rings is 4. The minimum absolute atomic E-state index is 0.220. The van der Waals surface area contributed by atoms with Crippen molar-refractivity contribution in [1.82, 2.24) is 0 Å². The van der Waals surface area contributed by atoms with E-state index in [-0.39, 0.29) is 17.1 Å². The van der Waals surface area contributed by atoms with Crippen LogP contribution in [0.3, 0.4) is 0 Å². The van der Waals surface area contributed by atoms with Gasteiger partial charge < -0.3 is 0 Å². The second-order valence-electron chi connectivity index (χ2n) is 7.29. The highest BCUT2D eigenvalue weighted by atomic mass is 35.5. The Morgan fingerprint density at radius 2 is 1.00 bits per heavy atom.